The van der Waals surface area contributed by atoms with Crippen LogP contribution < -0.4 is 10.2 Å². The van der Waals surface area contributed by atoms with Gasteiger partial charge in [-0.25, -0.2) is 0 Å². The minimum absolute atomic E-state index is 0.360. The van der Waals surface area contributed by atoms with E-state index in [4.69, 9.17) is 4.74 Å². The molecule has 4 heteroatoms. The van der Waals surface area contributed by atoms with Crippen LogP contribution in [0, 0.1) is 0 Å². The highest BCUT2D eigenvalue weighted by molar-refractivity contribution is 5.47. The van der Waals surface area contributed by atoms with Crippen molar-refractivity contribution in [2.24, 2.45) is 0 Å². The van der Waals surface area contributed by atoms with Gasteiger partial charge in [-0.15, -0.1) is 0 Å². The first-order valence-electron chi connectivity index (χ1n) is 7.24. The monoisotopic (exact) mass is 263 g/mol. The fourth-order valence-electron chi connectivity index (χ4n) is 2.27. The Morgan fingerprint density at radius 1 is 1.53 bits per heavy atom. The number of hydrogen-bond acceptors (Lipinski definition) is 4. The first kappa shape index (κ1) is 14.3. The number of nitrogens with one attached hydrogen (secondary N) is 1. The number of nitrogens with zero attached hydrogens (tertiary/aromatic N) is 2. The molecule has 1 atom stereocenters. The average Bonchev–Trinajstić information content (AvgIpc) is 2.45. The van der Waals surface area contributed by atoms with Crippen LogP contribution in [0.4, 0.5) is 5.69 Å². The molecule has 0 radical (unpaired) electrons. The van der Waals surface area contributed by atoms with Crippen molar-refractivity contribution in [3.8, 4) is 0 Å². The van der Waals surface area contributed by atoms with Crippen molar-refractivity contribution in [1.82, 2.24) is 10.3 Å². The predicted octanol–water partition coefficient (Wildman–Crippen LogP) is 2.19. The molecule has 0 saturated carbocycles. The first-order valence-corrected chi connectivity index (χ1v) is 7.24. The van der Waals surface area contributed by atoms with E-state index in [0.717, 1.165) is 38.4 Å². The van der Waals surface area contributed by atoms with Crippen molar-refractivity contribution in [2.75, 3.05) is 24.6 Å². The van der Waals surface area contributed by atoms with Crippen LogP contribution in [0.3, 0.4) is 0 Å². The van der Waals surface area contributed by atoms with E-state index < -0.39 is 0 Å². The maximum atomic E-state index is 5.72. The van der Waals surface area contributed by atoms with Crippen molar-refractivity contribution in [3.05, 3.63) is 24.0 Å². The fourth-order valence-corrected chi connectivity index (χ4v) is 2.27. The van der Waals surface area contributed by atoms with Gasteiger partial charge in [0.2, 0.25) is 0 Å². The zero-order valence-electron chi connectivity index (χ0n) is 12.2. The van der Waals surface area contributed by atoms with Gasteiger partial charge in [-0.1, -0.05) is 20.8 Å². The van der Waals surface area contributed by atoms with Gasteiger partial charge in [-0.2, -0.15) is 0 Å². The number of anilines is 1. The van der Waals surface area contributed by atoms with Crippen molar-refractivity contribution >= 4 is 5.69 Å². The largest absolute Gasteiger partial charge is 0.375 e. The Labute approximate surface area is 116 Å². The van der Waals surface area contributed by atoms with Gasteiger partial charge in [0.05, 0.1) is 18.4 Å². The molecule has 1 unspecified atom stereocenters. The van der Waals surface area contributed by atoms with Gasteiger partial charge >= 0.3 is 0 Å². The van der Waals surface area contributed by atoms with E-state index >= 15 is 0 Å². The molecule has 106 valence electrons. The molecule has 1 aliphatic rings. The Morgan fingerprint density at radius 3 is 3.11 bits per heavy atom. The third-order valence-corrected chi connectivity index (χ3v) is 3.45. The van der Waals surface area contributed by atoms with E-state index in [-0.39, 0.29) is 0 Å². The standard InChI is InChI=1S/C15H25N3O/c1-4-15-11-18(7-8-19-15)14-5-6-16-13(9-14)10-17-12(2)3/h5-6,9,12,15,17H,4,7-8,10-11H2,1-3H3. The van der Waals surface area contributed by atoms with E-state index in [2.05, 4.69) is 48.1 Å². The molecule has 2 heterocycles. The highest BCUT2D eigenvalue weighted by Crippen LogP contribution is 2.19. The molecule has 4 nitrogen and oxygen atoms in total. The molecule has 1 saturated heterocycles. The van der Waals surface area contributed by atoms with Crippen molar-refractivity contribution < 1.29 is 4.74 Å². The van der Waals surface area contributed by atoms with Crippen molar-refractivity contribution in [1.29, 1.82) is 0 Å². The van der Waals surface area contributed by atoms with Crippen LogP contribution in [0.15, 0.2) is 18.3 Å². The Hall–Kier alpha value is -1.13. The van der Waals surface area contributed by atoms with Crippen molar-refractivity contribution in [2.45, 2.75) is 45.9 Å². The Kier molecular flexibility index (Phi) is 5.16. The van der Waals surface area contributed by atoms with Gasteiger partial charge in [0.15, 0.2) is 0 Å². The van der Waals surface area contributed by atoms with E-state index in [1.807, 2.05) is 6.20 Å². The summed E-state index contributed by atoms with van der Waals surface area (Å²) >= 11 is 0. The van der Waals surface area contributed by atoms with E-state index in [1.54, 1.807) is 0 Å². The second-order valence-corrected chi connectivity index (χ2v) is 5.39. The average molecular weight is 263 g/mol. The van der Waals surface area contributed by atoms with Crippen LogP contribution in [0.25, 0.3) is 0 Å². The molecule has 1 aromatic heterocycles. The van der Waals surface area contributed by atoms with Crippen LogP contribution in [0.5, 0.6) is 0 Å². The Balaban J connectivity index is 2.01. The third-order valence-electron chi connectivity index (χ3n) is 3.45. The lowest BCUT2D eigenvalue weighted by molar-refractivity contribution is 0.0384. The summed E-state index contributed by atoms with van der Waals surface area (Å²) in [6.07, 6.45) is 3.34. The number of aromatic nitrogens is 1. The second-order valence-electron chi connectivity index (χ2n) is 5.39. The summed E-state index contributed by atoms with van der Waals surface area (Å²) < 4.78 is 5.72. The molecular weight excluding hydrogens is 238 g/mol. The van der Waals surface area contributed by atoms with Crippen LogP contribution >= 0.6 is 0 Å². The quantitative estimate of drug-likeness (QED) is 0.883. The van der Waals surface area contributed by atoms with E-state index in [9.17, 15) is 0 Å². The highest BCUT2D eigenvalue weighted by Gasteiger charge is 2.19. The molecule has 0 spiro atoms. The summed E-state index contributed by atoms with van der Waals surface area (Å²) in [5.41, 5.74) is 2.36. The lowest BCUT2D eigenvalue weighted by atomic mass is 10.2. The Bertz CT molecular complexity index is 395. The summed E-state index contributed by atoms with van der Waals surface area (Å²) in [6.45, 7) is 10.1. The number of rotatable bonds is 5. The smallest absolute Gasteiger partial charge is 0.0748 e. The van der Waals surface area contributed by atoms with Crippen LogP contribution in [-0.2, 0) is 11.3 Å². The second kappa shape index (κ2) is 6.87. The summed E-state index contributed by atoms with van der Waals surface area (Å²) in [6, 6.07) is 4.77. The molecule has 0 aromatic carbocycles. The number of ether oxygens (including phenoxy) is 1. The maximum Gasteiger partial charge on any atom is 0.0748 e. The van der Waals surface area contributed by atoms with Gasteiger partial charge < -0.3 is 15.0 Å². The first-order chi connectivity index (χ1) is 9.19. The molecule has 0 amide bonds. The molecule has 1 aromatic rings. The minimum atomic E-state index is 0.360. The summed E-state index contributed by atoms with van der Waals surface area (Å²) in [5.74, 6) is 0. The molecule has 2 rings (SSSR count). The predicted molar refractivity (Wildman–Crippen MR) is 78.5 cm³/mol. The summed E-state index contributed by atoms with van der Waals surface area (Å²) in [7, 11) is 0. The minimum Gasteiger partial charge on any atom is -0.375 e. The lowest BCUT2D eigenvalue weighted by Gasteiger charge is -2.34. The third kappa shape index (κ3) is 4.18. The van der Waals surface area contributed by atoms with E-state index in [1.165, 1.54) is 5.69 Å². The van der Waals surface area contributed by atoms with Gasteiger partial charge in [-0.05, 0) is 18.6 Å². The SMILES string of the molecule is CCC1CN(c2ccnc(CNC(C)C)c2)CCO1. The molecule has 0 aliphatic carbocycles. The lowest BCUT2D eigenvalue weighted by Crippen LogP contribution is -2.42. The summed E-state index contributed by atoms with van der Waals surface area (Å²) in [4.78, 5) is 6.83. The molecule has 19 heavy (non-hydrogen) atoms. The zero-order chi connectivity index (χ0) is 13.7. The normalized spacial score (nSPS) is 20.0. The van der Waals surface area contributed by atoms with Gasteiger partial charge in [0.25, 0.3) is 0 Å². The van der Waals surface area contributed by atoms with Crippen molar-refractivity contribution in [3.63, 3.8) is 0 Å². The number of pyridine rings is 1. The highest BCUT2D eigenvalue weighted by atomic mass is 16.5. The maximum absolute atomic E-state index is 5.72. The topological polar surface area (TPSA) is 37.4 Å². The summed E-state index contributed by atoms with van der Waals surface area (Å²) in [5, 5.41) is 3.41. The number of morpholine rings is 1. The molecule has 1 fully saturated rings. The fraction of sp³-hybridized carbons (Fsp3) is 0.667. The van der Waals surface area contributed by atoms with E-state index in [0.29, 0.717) is 12.1 Å². The van der Waals surface area contributed by atoms with Crippen LogP contribution in [-0.4, -0.2) is 36.8 Å². The van der Waals surface area contributed by atoms with Crippen LogP contribution in [0.1, 0.15) is 32.9 Å². The van der Waals surface area contributed by atoms with Gasteiger partial charge in [-0.3, -0.25) is 4.98 Å². The number of hydrogen-bond donors (Lipinski definition) is 1. The molecule has 1 N–H and O–H groups in total. The molecule has 1 aliphatic heterocycles. The van der Waals surface area contributed by atoms with Gasteiger partial charge in [0, 0.05) is 37.6 Å². The van der Waals surface area contributed by atoms with Crippen LogP contribution in [0.2, 0.25) is 0 Å². The molecular formula is C15H25N3O. The van der Waals surface area contributed by atoms with Gasteiger partial charge in [0.1, 0.15) is 0 Å². The Morgan fingerprint density at radius 2 is 2.37 bits per heavy atom. The molecule has 0 bridgehead atoms. The zero-order valence-corrected chi connectivity index (χ0v) is 12.2.